The first-order valence-corrected chi connectivity index (χ1v) is 7.09. The number of carbonyl (C=O) groups excluding carboxylic acids is 1. The molecule has 0 spiro atoms. The highest BCUT2D eigenvalue weighted by Crippen LogP contribution is 2.24. The summed E-state index contributed by atoms with van der Waals surface area (Å²) in [5.74, 6) is 0.496. The van der Waals surface area contributed by atoms with Crippen LogP contribution in [0.4, 0.5) is 5.69 Å². The average molecular weight is 327 g/mol. The molecule has 1 aromatic carbocycles. The highest BCUT2D eigenvalue weighted by Gasteiger charge is 2.36. The van der Waals surface area contributed by atoms with Gasteiger partial charge in [0.25, 0.3) is 5.91 Å². The van der Waals surface area contributed by atoms with Crippen LogP contribution in [0.15, 0.2) is 28.7 Å². The topological polar surface area (TPSA) is 32.3 Å². The van der Waals surface area contributed by atoms with Gasteiger partial charge in [-0.1, -0.05) is 29.8 Å². The summed E-state index contributed by atoms with van der Waals surface area (Å²) in [5, 5.41) is 3.59. The number of benzene rings is 1. The second kappa shape index (κ2) is 5.36. The van der Waals surface area contributed by atoms with Gasteiger partial charge in [-0.2, -0.15) is 0 Å². The quantitative estimate of drug-likeness (QED) is 0.866. The molecule has 1 aliphatic rings. The summed E-state index contributed by atoms with van der Waals surface area (Å²) in [4.78, 5) is 13.9. The van der Waals surface area contributed by atoms with Crippen LogP contribution in [-0.2, 0) is 4.79 Å². The maximum atomic E-state index is 12.3. The number of anilines is 1. The first-order valence-electron chi connectivity index (χ1n) is 5.89. The lowest BCUT2D eigenvalue weighted by atomic mass is 10.0. The molecule has 1 aromatic rings. The lowest BCUT2D eigenvalue weighted by Crippen LogP contribution is -2.31. The zero-order valence-corrected chi connectivity index (χ0v) is 12.7. The first kappa shape index (κ1) is 13.5. The van der Waals surface area contributed by atoms with E-state index in [-0.39, 0.29) is 11.9 Å². The van der Waals surface area contributed by atoms with Crippen LogP contribution in [0.5, 0.6) is 0 Å². The second-order valence-corrected chi connectivity index (χ2v) is 6.08. The van der Waals surface area contributed by atoms with E-state index in [1.54, 1.807) is 4.90 Å². The summed E-state index contributed by atoms with van der Waals surface area (Å²) in [5.41, 5.74) is 0.812. The highest BCUT2D eigenvalue weighted by molar-refractivity contribution is 9.10. The molecule has 1 saturated heterocycles. The van der Waals surface area contributed by atoms with Crippen LogP contribution in [-0.4, -0.2) is 17.1 Å². The third kappa shape index (κ3) is 2.72. The van der Waals surface area contributed by atoms with Gasteiger partial charge in [0.2, 0.25) is 0 Å². The van der Waals surface area contributed by atoms with Crippen LogP contribution in [0.1, 0.15) is 20.3 Å². The van der Waals surface area contributed by atoms with Gasteiger partial charge in [0, 0.05) is 4.47 Å². The molecule has 1 fully saturated rings. The molecule has 1 aliphatic heterocycles. The Morgan fingerprint density at radius 1 is 1.39 bits per heavy atom. The average Bonchev–Trinajstić information content (AvgIpc) is 2.55. The van der Waals surface area contributed by atoms with Gasteiger partial charge in [0.15, 0.2) is 5.11 Å². The Balaban J connectivity index is 2.21. The normalized spacial score (nSPS) is 19.6. The third-order valence-corrected chi connectivity index (χ3v) is 3.64. The summed E-state index contributed by atoms with van der Waals surface area (Å²) in [6.07, 6.45) is 0.798. The van der Waals surface area contributed by atoms with Gasteiger partial charge in [0.05, 0.1) is 5.69 Å². The van der Waals surface area contributed by atoms with Crippen molar-refractivity contribution in [2.45, 2.75) is 26.3 Å². The van der Waals surface area contributed by atoms with Crippen LogP contribution in [0, 0.1) is 5.92 Å². The fourth-order valence-corrected chi connectivity index (χ4v) is 2.60. The Hall–Kier alpha value is -0.940. The molecular formula is C13H15BrN2OS. The molecule has 0 bridgehead atoms. The molecule has 5 heteroatoms. The number of hydrogen-bond donors (Lipinski definition) is 1. The maximum absolute atomic E-state index is 12.3. The summed E-state index contributed by atoms with van der Waals surface area (Å²) < 4.78 is 0.982. The lowest BCUT2D eigenvalue weighted by Gasteiger charge is -2.15. The number of nitrogens with one attached hydrogen (secondary N) is 1. The summed E-state index contributed by atoms with van der Waals surface area (Å²) in [7, 11) is 0. The van der Waals surface area contributed by atoms with E-state index >= 15 is 0 Å². The maximum Gasteiger partial charge on any atom is 0.255 e. The van der Waals surface area contributed by atoms with Gasteiger partial charge in [-0.15, -0.1) is 0 Å². The molecule has 1 atom stereocenters. The molecule has 18 heavy (non-hydrogen) atoms. The number of nitrogens with zero attached hydrogens (tertiary/aromatic N) is 1. The Bertz CT molecular complexity index is 472. The minimum absolute atomic E-state index is 0.0380. The summed E-state index contributed by atoms with van der Waals surface area (Å²) in [6.45, 7) is 4.20. The Morgan fingerprint density at radius 2 is 2.00 bits per heavy atom. The van der Waals surface area contributed by atoms with Crippen molar-refractivity contribution < 1.29 is 4.79 Å². The van der Waals surface area contributed by atoms with Crippen molar-refractivity contribution in [1.29, 1.82) is 0 Å². The van der Waals surface area contributed by atoms with Gasteiger partial charge < -0.3 is 5.32 Å². The molecule has 0 radical (unpaired) electrons. The van der Waals surface area contributed by atoms with E-state index in [4.69, 9.17) is 12.2 Å². The van der Waals surface area contributed by atoms with Crippen molar-refractivity contribution in [3.05, 3.63) is 28.7 Å². The van der Waals surface area contributed by atoms with Crippen LogP contribution in [0.25, 0.3) is 0 Å². The number of hydrogen-bond acceptors (Lipinski definition) is 2. The van der Waals surface area contributed by atoms with E-state index in [2.05, 4.69) is 35.1 Å². The standard InChI is InChI=1S/C13H15BrN2OS/c1-8(2)7-11-12(17)16(13(18)15-11)10-5-3-9(14)4-6-10/h3-6,8,11H,7H2,1-2H3,(H,15,18). The number of carbonyl (C=O) groups is 1. The van der Waals surface area contributed by atoms with Crippen molar-refractivity contribution >= 4 is 44.9 Å². The first-order chi connectivity index (χ1) is 8.49. The SMILES string of the molecule is CC(C)CC1NC(=S)N(c2ccc(Br)cc2)C1=O. The largest absolute Gasteiger partial charge is 0.350 e. The minimum Gasteiger partial charge on any atom is -0.350 e. The molecule has 2 rings (SSSR count). The van der Waals surface area contributed by atoms with E-state index in [0.29, 0.717) is 11.0 Å². The monoisotopic (exact) mass is 326 g/mol. The van der Waals surface area contributed by atoms with Gasteiger partial charge in [-0.25, -0.2) is 0 Å². The van der Waals surface area contributed by atoms with Crippen molar-refractivity contribution in [3.63, 3.8) is 0 Å². The molecule has 3 nitrogen and oxygen atoms in total. The number of halogens is 1. The molecule has 0 aromatic heterocycles. The van der Waals surface area contributed by atoms with Crippen LogP contribution < -0.4 is 10.2 Å². The second-order valence-electron chi connectivity index (χ2n) is 4.78. The zero-order valence-electron chi connectivity index (χ0n) is 10.3. The lowest BCUT2D eigenvalue weighted by molar-refractivity contribution is -0.118. The van der Waals surface area contributed by atoms with Crippen molar-refractivity contribution in [1.82, 2.24) is 5.32 Å². The van der Waals surface area contributed by atoms with E-state index in [0.717, 1.165) is 16.6 Å². The third-order valence-electron chi connectivity index (χ3n) is 2.81. The summed E-state index contributed by atoms with van der Waals surface area (Å²) in [6, 6.07) is 7.38. The summed E-state index contributed by atoms with van der Waals surface area (Å²) >= 11 is 8.62. The number of amides is 1. The molecule has 0 aliphatic carbocycles. The predicted molar refractivity (Wildman–Crippen MR) is 80.6 cm³/mol. The molecule has 96 valence electrons. The fourth-order valence-electron chi connectivity index (χ4n) is 2.00. The molecule has 1 N–H and O–H groups in total. The number of rotatable bonds is 3. The molecular weight excluding hydrogens is 312 g/mol. The fraction of sp³-hybridized carbons (Fsp3) is 0.385. The van der Waals surface area contributed by atoms with E-state index in [9.17, 15) is 4.79 Å². The zero-order chi connectivity index (χ0) is 13.3. The Kier molecular flexibility index (Phi) is 4.02. The van der Waals surface area contributed by atoms with Gasteiger partial charge >= 0.3 is 0 Å². The van der Waals surface area contributed by atoms with Crippen molar-refractivity contribution in [3.8, 4) is 0 Å². The van der Waals surface area contributed by atoms with Gasteiger partial charge in [-0.3, -0.25) is 9.69 Å². The number of thiocarbonyl (C=S) groups is 1. The van der Waals surface area contributed by atoms with Gasteiger partial charge in [-0.05, 0) is 48.8 Å². The van der Waals surface area contributed by atoms with Crippen molar-refractivity contribution in [2.75, 3.05) is 4.90 Å². The molecule has 0 saturated carbocycles. The van der Waals surface area contributed by atoms with E-state index in [1.165, 1.54) is 0 Å². The van der Waals surface area contributed by atoms with E-state index in [1.807, 2.05) is 24.3 Å². The molecule has 1 amide bonds. The van der Waals surface area contributed by atoms with Gasteiger partial charge in [0.1, 0.15) is 6.04 Å². The van der Waals surface area contributed by atoms with E-state index < -0.39 is 0 Å². The highest BCUT2D eigenvalue weighted by atomic mass is 79.9. The smallest absolute Gasteiger partial charge is 0.255 e. The van der Waals surface area contributed by atoms with Crippen LogP contribution >= 0.6 is 28.1 Å². The van der Waals surface area contributed by atoms with Crippen LogP contribution in [0.2, 0.25) is 0 Å². The molecule has 1 heterocycles. The van der Waals surface area contributed by atoms with Crippen molar-refractivity contribution in [2.24, 2.45) is 5.92 Å². The Labute approximate surface area is 121 Å². The molecule has 1 unspecified atom stereocenters. The van der Waals surface area contributed by atoms with Crippen LogP contribution in [0.3, 0.4) is 0 Å². The minimum atomic E-state index is -0.193. The Morgan fingerprint density at radius 3 is 2.56 bits per heavy atom. The predicted octanol–water partition coefficient (Wildman–Crippen LogP) is 3.08.